The van der Waals surface area contributed by atoms with E-state index in [1.54, 1.807) is 22.7 Å². The third-order valence-electron chi connectivity index (χ3n) is 4.83. The Morgan fingerprint density at radius 3 is 2.90 bits per heavy atom. The largest absolute Gasteiger partial charge is 0.356 e. The smallest absolute Gasteiger partial charge is 0.219 e. The zero-order valence-electron chi connectivity index (χ0n) is 17.2. The van der Waals surface area contributed by atoms with Crippen LogP contribution in [0.1, 0.15) is 44.1 Å². The Labute approximate surface area is 183 Å². The molecule has 8 heteroatoms. The Morgan fingerprint density at radius 2 is 2.10 bits per heavy atom. The molecule has 1 amide bonds. The van der Waals surface area contributed by atoms with Crippen molar-refractivity contribution in [2.75, 3.05) is 6.54 Å². The lowest BCUT2D eigenvalue weighted by Gasteiger charge is -2.02. The van der Waals surface area contributed by atoms with Crippen LogP contribution in [0.25, 0.3) is 32.2 Å². The van der Waals surface area contributed by atoms with E-state index in [2.05, 4.69) is 44.7 Å². The first-order chi connectivity index (χ1) is 14.6. The third kappa shape index (κ3) is 4.76. The second kappa shape index (κ2) is 9.49. The van der Waals surface area contributed by atoms with E-state index < -0.39 is 0 Å². The molecule has 4 rings (SSSR count). The second-order valence-corrected chi connectivity index (χ2v) is 9.04. The fourth-order valence-electron chi connectivity index (χ4n) is 3.31. The lowest BCUT2D eigenvalue weighted by molar-refractivity contribution is -0.121. The van der Waals surface area contributed by atoms with Crippen LogP contribution >= 0.6 is 22.7 Å². The minimum absolute atomic E-state index is 0.133. The first kappa shape index (κ1) is 20.7. The van der Waals surface area contributed by atoms with Gasteiger partial charge in [-0.2, -0.15) is 0 Å². The van der Waals surface area contributed by atoms with Crippen molar-refractivity contribution in [3.63, 3.8) is 0 Å². The van der Waals surface area contributed by atoms with E-state index in [1.165, 1.54) is 0 Å². The highest BCUT2D eigenvalue weighted by atomic mass is 32.1. The van der Waals surface area contributed by atoms with Gasteiger partial charge in [-0.1, -0.05) is 13.0 Å². The van der Waals surface area contributed by atoms with Crippen molar-refractivity contribution in [1.82, 2.24) is 25.3 Å². The number of thiazole rings is 2. The summed E-state index contributed by atoms with van der Waals surface area (Å²) in [5, 5.41) is 5.90. The van der Waals surface area contributed by atoms with Gasteiger partial charge in [0.1, 0.15) is 16.5 Å². The number of aromatic nitrogens is 4. The topological polar surface area (TPSA) is 83.6 Å². The number of aromatic amines is 1. The van der Waals surface area contributed by atoms with E-state index >= 15 is 0 Å². The van der Waals surface area contributed by atoms with Gasteiger partial charge in [0.2, 0.25) is 5.91 Å². The van der Waals surface area contributed by atoms with Crippen LogP contribution in [0.4, 0.5) is 0 Å². The van der Waals surface area contributed by atoms with Crippen molar-refractivity contribution >= 4 is 38.8 Å². The van der Waals surface area contributed by atoms with Crippen LogP contribution in [0, 0.1) is 6.92 Å². The van der Waals surface area contributed by atoms with Crippen LogP contribution in [-0.2, 0) is 11.2 Å². The van der Waals surface area contributed by atoms with Crippen LogP contribution in [0.15, 0.2) is 29.1 Å². The summed E-state index contributed by atoms with van der Waals surface area (Å²) >= 11 is 3.25. The molecule has 0 fully saturated rings. The van der Waals surface area contributed by atoms with Gasteiger partial charge in [-0.05, 0) is 38.3 Å². The maximum Gasteiger partial charge on any atom is 0.219 e. The van der Waals surface area contributed by atoms with Gasteiger partial charge >= 0.3 is 0 Å². The molecule has 0 saturated heterocycles. The normalized spacial score (nSPS) is 11.3. The van der Waals surface area contributed by atoms with Gasteiger partial charge in [0.25, 0.3) is 0 Å². The van der Waals surface area contributed by atoms with E-state index in [4.69, 9.17) is 4.98 Å². The highest BCUT2D eigenvalue weighted by molar-refractivity contribution is 7.16. The summed E-state index contributed by atoms with van der Waals surface area (Å²) in [6.45, 7) is 4.81. The Hall–Kier alpha value is -2.58. The Bertz CT molecular complexity index is 1140. The highest BCUT2D eigenvalue weighted by Crippen LogP contribution is 2.34. The van der Waals surface area contributed by atoms with Gasteiger partial charge < -0.3 is 10.3 Å². The summed E-state index contributed by atoms with van der Waals surface area (Å²) in [7, 11) is 0. The summed E-state index contributed by atoms with van der Waals surface area (Å²) in [6.07, 6.45) is 4.10. The van der Waals surface area contributed by atoms with Gasteiger partial charge in [-0.25, -0.2) is 15.0 Å². The number of rotatable bonds is 9. The van der Waals surface area contributed by atoms with Crippen molar-refractivity contribution in [1.29, 1.82) is 0 Å². The first-order valence-corrected chi connectivity index (χ1v) is 12.0. The predicted molar refractivity (Wildman–Crippen MR) is 124 cm³/mol. The molecular formula is C22H25N5OS2. The molecule has 0 atom stereocenters. The molecule has 6 nitrogen and oxygen atoms in total. The molecule has 0 aliphatic rings. The van der Waals surface area contributed by atoms with Gasteiger partial charge in [0.05, 0.1) is 21.4 Å². The van der Waals surface area contributed by atoms with Crippen LogP contribution in [-0.4, -0.2) is 32.4 Å². The number of hydrogen-bond donors (Lipinski definition) is 2. The number of nitrogens with one attached hydrogen (secondary N) is 2. The summed E-state index contributed by atoms with van der Waals surface area (Å²) in [5.41, 5.74) is 6.86. The lowest BCUT2D eigenvalue weighted by Crippen LogP contribution is -2.23. The van der Waals surface area contributed by atoms with Gasteiger partial charge in [-0.3, -0.25) is 4.79 Å². The molecule has 30 heavy (non-hydrogen) atoms. The molecule has 3 heterocycles. The van der Waals surface area contributed by atoms with Crippen molar-refractivity contribution in [3.8, 4) is 22.0 Å². The maximum atomic E-state index is 11.8. The number of carbonyl (C=O) groups is 1. The van der Waals surface area contributed by atoms with Crippen molar-refractivity contribution in [2.24, 2.45) is 0 Å². The number of H-pyrrole nitrogens is 1. The molecule has 0 bridgehead atoms. The van der Waals surface area contributed by atoms with E-state index in [0.717, 1.165) is 75.9 Å². The molecule has 3 aromatic heterocycles. The fourth-order valence-corrected chi connectivity index (χ4v) is 4.82. The summed E-state index contributed by atoms with van der Waals surface area (Å²) in [5.74, 6) is 1.07. The van der Waals surface area contributed by atoms with Crippen LogP contribution in [0.2, 0.25) is 0 Å². The SMILES string of the molecule is CCCNC(=O)CCCCc1nc(-c2nc(C)cs2)c(-c2ccc3ncsc3c2)[nH]1. The zero-order valence-corrected chi connectivity index (χ0v) is 18.8. The molecule has 0 saturated carbocycles. The number of fused-ring (bicyclic) bond motifs is 1. The quantitative estimate of drug-likeness (QED) is 0.344. The fraction of sp³-hybridized carbons (Fsp3) is 0.364. The number of amides is 1. The summed E-state index contributed by atoms with van der Waals surface area (Å²) in [6, 6.07) is 6.29. The third-order valence-corrected chi connectivity index (χ3v) is 6.59. The molecule has 0 aliphatic carbocycles. The van der Waals surface area contributed by atoms with E-state index in [-0.39, 0.29) is 5.91 Å². The van der Waals surface area contributed by atoms with Crippen molar-refractivity contribution < 1.29 is 4.79 Å². The van der Waals surface area contributed by atoms with Crippen LogP contribution in [0.3, 0.4) is 0 Å². The molecule has 1 aromatic carbocycles. The van der Waals surface area contributed by atoms with Crippen molar-refractivity contribution in [2.45, 2.75) is 46.0 Å². The minimum atomic E-state index is 0.133. The molecule has 0 spiro atoms. The zero-order chi connectivity index (χ0) is 20.9. The molecule has 0 radical (unpaired) electrons. The number of unbranched alkanes of at least 4 members (excludes halogenated alkanes) is 1. The molecule has 0 unspecified atom stereocenters. The standard InChI is InChI=1S/C22H25N5OS2/c1-3-10-23-19(28)7-5-4-6-18-26-20(21(27-18)22-25-14(2)12-29-22)15-8-9-16-17(11-15)30-13-24-16/h8-9,11-13H,3-7,10H2,1-2H3,(H,23,28)(H,26,27). The number of nitrogens with zero attached hydrogens (tertiary/aromatic N) is 3. The molecular weight excluding hydrogens is 414 g/mol. The highest BCUT2D eigenvalue weighted by Gasteiger charge is 2.17. The molecule has 2 N–H and O–H groups in total. The number of aryl methyl sites for hydroxylation is 2. The monoisotopic (exact) mass is 439 g/mol. The average Bonchev–Trinajstić information content (AvgIpc) is 3.48. The van der Waals surface area contributed by atoms with Gasteiger partial charge in [0, 0.05) is 36.0 Å². The minimum Gasteiger partial charge on any atom is -0.356 e. The number of hydrogen-bond acceptors (Lipinski definition) is 6. The Morgan fingerprint density at radius 1 is 1.20 bits per heavy atom. The predicted octanol–water partition coefficient (Wildman–Crippen LogP) is 5.36. The number of benzene rings is 1. The number of imidazole rings is 1. The van der Waals surface area contributed by atoms with Gasteiger partial charge in [-0.15, -0.1) is 22.7 Å². The van der Waals surface area contributed by atoms with Crippen molar-refractivity contribution in [3.05, 3.63) is 40.6 Å². The number of carbonyl (C=O) groups excluding carboxylic acids is 1. The molecule has 156 valence electrons. The Balaban J connectivity index is 1.53. The van der Waals surface area contributed by atoms with Gasteiger partial charge in [0.15, 0.2) is 0 Å². The first-order valence-electron chi connectivity index (χ1n) is 10.3. The lowest BCUT2D eigenvalue weighted by atomic mass is 10.1. The van der Waals surface area contributed by atoms with E-state index in [1.807, 2.05) is 18.5 Å². The van der Waals surface area contributed by atoms with Crippen LogP contribution in [0.5, 0.6) is 0 Å². The van der Waals surface area contributed by atoms with E-state index in [9.17, 15) is 4.79 Å². The van der Waals surface area contributed by atoms with E-state index in [0.29, 0.717) is 6.42 Å². The summed E-state index contributed by atoms with van der Waals surface area (Å²) < 4.78 is 1.16. The molecule has 4 aromatic rings. The Kier molecular flexibility index (Phi) is 6.54. The molecule has 0 aliphatic heterocycles. The summed E-state index contributed by atoms with van der Waals surface area (Å²) in [4.78, 5) is 29.2. The maximum absolute atomic E-state index is 11.8. The average molecular weight is 440 g/mol. The van der Waals surface area contributed by atoms with Crippen LogP contribution < -0.4 is 5.32 Å². The second-order valence-electron chi connectivity index (χ2n) is 7.29.